The van der Waals surface area contributed by atoms with Crippen LogP contribution in [0.4, 0.5) is 10.1 Å². The summed E-state index contributed by atoms with van der Waals surface area (Å²) < 4.78 is 15.2. The molecule has 1 fully saturated rings. The summed E-state index contributed by atoms with van der Waals surface area (Å²) in [5.41, 5.74) is 2.18. The van der Waals surface area contributed by atoms with Crippen LogP contribution in [0.1, 0.15) is 6.42 Å². The summed E-state index contributed by atoms with van der Waals surface area (Å²) in [5, 5.41) is 1.20. The Balaban J connectivity index is 1.31. The van der Waals surface area contributed by atoms with Gasteiger partial charge in [0.15, 0.2) is 0 Å². The zero-order valence-corrected chi connectivity index (χ0v) is 14.6. The second-order valence-corrected chi connectivity index (χ2v) is 6.66. The van der Waals surface area contributed by atoms with Gasteiger partial charge in [0, 0.05) is 56.5 Å². The van der Waals surface area contributed by atoms with Gasteiger partial charge in [0.2, 0.25) is 5.91 Å². The topological polar surface area (TPSA) is 28.5 Å². The Kier molecular flexibility index (Phi) is 4.61. The zero-order chi connectivity index (χ0) is 17.9. The van der Waals surface area contributed by atoms with Crippen LogP contribution < -0.4 is 4.90 Å². The molecule has 134 valence electrons. The number of para-hydroxylation sites is 1. The molecule has 0 spiro atoms. The van der Waals surface area contributed by atoms with E-state index >= 15 is 0 Å². The third-order valence-electron chi connectivity index (χ3n) is 5.07. The van der Waals surface area contributed by atoms with E-state index in [2.05, 4.69) is 27.7 Å². The van der Waals surface area contributed by atoms with Gasteiger partial charge in [0.1, 0.15) is 5.82 Å². The Morgan fingerprint density at radius 2 is 1.65 bits per heavy atom. The van der Waals surface area contributed by atoms with Crippen molar-refractivity contribution in [1.82, 2.24) is 9.47 Å². The van der Waals surface area contributed by atoms with Gasteiger partial charge in [-0.05, 0) is 41.8 Å². The number of anilines is 1. The van der Waals surface area contributed by atoms with Gasteiger partial charge < -0.3 is 14.4 Å². The molecular formula is C21H22FN3O. The van der Waals surface area contributed by atoms with Crippen LogP contribution in [-0.2, 0) is 11.3 Å². The van der Waals surface area contributed by atoms with Gasteiger partial charge in [0.25, 0.3) is 0 Å². The van der Waals surface area contributed by atoms with Crippen molar-refractivity contribution in [3.05, 3.63) is 66.6 Å². The standard InChI is InChI=1S/C21H22FN3O/c22-18-5-7-19(8-6-18)23-13-15-25(16-14-23)21(26)10-12-24-11-9-17-3-1-2-4-20(17)24/h1-9,11H,10,12-16H2. The number of amides is 1. The molecular weight excluding hydrogens is 329 g/mol. The third-order valence-corrected chi connectivity index (χ3v) is 5.07. The van der Waals surface area contributed by atoms with Gasteiger partial charge in [0.05, 0.1) is 0 Å². The highest BCUT2D eigenvalue weighted by molar-refractivity contribution is 5.80. The molecule has 3 aromatic rings. The summed E-state index contributed by atoms with van der Waals surface area (Å²) in [6.45, 7) is 3.68. The molecule has 1 aliphatic rings. The number of hydrogen-bond donors (Lipinski definition) is 0. The Bertz CT molecular complexity index is 895. The summed E-state index contributed by atoms with van der Waals surface area (Å²) >= 11 is 0. The van der Waals surface area contributed by atoms with Crippen molar-refractivity contribution >= 4 is 22.5 Å². The summed E-state index contributed by atoms with van der Waals surface area (Å²) in [4.78, 5) is 16.7. The molecule has 4 nitrogen and oxygen atoms in total. The Labute approximate surface area is 152 Å². The normalized spacial score (nSPS) is 14.8. The van der Waals surface area contributed by atoms with Crippen molar-refractivity contribution in [3.63, 3.8) is 0 Å². The highest BCUT2D eigenvalue weighted by Crippen LogP contribution is 2.18. The van der Waals surface area contributed by atoms with Crippen LogP contribution in [0.15, 0.2) is 60.8 Å². The van der Waals surface area contributed by atoms with E-state index in [-0.39, 0.29) is 11.7 Å². The van der Waals surface area contributed by atoms with Crippen molar-refractivity contribution in [2.75, 3.05) is 31.1 Å². The predicted octanol–water partition coefficient (Wildman–Crippen LogP) is 3.52. The quantitative estimate of drug-likeness (QED) is 0.720. The second-order valence-electron chi connectivity index (χ2n) is 6.66. The van der Waals surface area contributed by atoms with Gasteiger partial charge in [-0.3, -0.25) is 4.79 Å². The van der Waals surface area contributed by atoms with Crippen molar-refractivity contribution < 1.29 is 9.18 Å². The van der Waals surface area contributed by atoms with E-state index in [1.165, 1.54) is 23.0 Å². The second kappa shape index (κ2) is 7.20. The maximum atomic E-state index is 13.0. The molecule has 2 aromatic carbocycles. The summed E-state index contributed by atoms with van der Waals surface area (Å²) in [7, 11) is 0. The minimum Gasteiger partial charge on any atom is -0.368 e. The molecule has 1 amide bonds. The molecule has 1 saturated heterocycles. The molecule has 26 heavy (non-hydrogen) atoms. The first-order valence-electron chi connectivity index (χ1n) is 9.03. The molecule has 5 heteroatoms. The molecule has 1 aromatic heterocycles. The third kappa shape index (κ3) is 3.43. The summed E-state index contributed by atoms with van der Waals surface area (Å²) in [5.74, 6) is -0.0263. The molecule has 0 aliphatic carbocycles. The fourth-order valence-electron chi connectivity index (χ4n) is 3.58. The average Bonchev–Trinajstić information content (AvgIpc) is 3.10. The molecule has 4 rings (SSSR count). The molecule has 1 aliphatic heterocycles. The number of hydrogen-bond acceptors (Lipinski definition) is 2. The van der Waals surface area contributed by atoms with Crippen molar-refractivity contribution in [3.8, 4) is 0 Å². The molecule has 0 bridgehead atoms. The van der Waals surface area contributed by atoms with Crippen molar-refractivity contribution in [2.45, 2.75) is 13.0 Å². The van der Waals surface area contributed by atoms with E-state index in [1.807, 2.05) is 23.2 Å². The number of fused-ring (bicyclic) bond motifs is 1. The first kappa shape index (κ1) is 16.6. The maximum Gasteiger partial charge on any atom is 0.224 e. The number of carbonyl (C=O) groups is 1. The smallest absolute Gasteiger partial charge is 0.224 e. The summed E-state index contributed by atoms with van der Waals surface area (Å²) in [6.07, 6.45) is 2.56. The van der Waals surface area contributed by atoms with Crippen molar-refractivity contribution in [1.29, 1.82) is 0 Å². The zero-order valence-electron chi connectivity index (χ0n) is 14.6. The predicted molar refractivity (Wildman–Crippen MR) is 102 cm³/mol. The molecule has 0 unspecified atom stereocenters. The minimum absolute atomic E-state index is 0.196. The van der Waals surface area contributed by atoms with Gasteiger partial charge in [-0.1, -0.05) is 18.2 Å². The molecule has 0 atom stereocenters. The number of aromatic nitrogens is 1. The van der Waals surface area contributed by atoms with Crippen LogP contribution in [0, 0.1) is 5.82 Å². The highest BCUT2D eigenvalue weighted by atomic mass is 19.1. The van der Waals surface area contributed by atoms with E-state index in [0.29, 0.717) is 26.1 Å². The first-order valence-corrected chi connectivity index (χ1v) is 9.03. The van der Waals surface area contributed by atoms with Crippen LogP contribution in [0.5, 0.6) is 0 Å². The number of halogens is 1. The van der Waals surface area contributed by atoms with E-state index in [9.17, 15) is 9.18 Å². The molecule has 0 radical (unpaired) electrons. The average molecular weight is 351 g/mol. The van der Waals surface area contributed by atoms with Crippen LogP contribution in [0.2, 0.25) is 0 Å². The number of piperazine rings is 1. The lowest BCUT2D eigenvalue weighted by atomic mass is 10.2. The Morgan fingerprint density at radius 3 is 2.42 bits per heavy atom. The molecule has 0 saturated carbocycles. The first-order chi connectivity index (χ1) is 12.7. The van der Waals surface area contributed by atoms with Gasteiger partial charge in [-0.2, -0.15) is 0 Å². The number of carbonyl (C=O) groups excluding carboxylic acids is 1. The van der Waals surface area contributed by atoms with E-state index in [4.69, 9.17) is 0 Å². The fraction of sp³-hybridized carbons (Fsp3) is 0.286. The van der Waals surface area contributed by atoms with E-state index in [0.717, 1.165) is 18.8 Å². The Morgan fingerprint density at radius 1 is 0.923 bits per heavy atom. The van der Waals surface area contributed by atoms with Gasteiger partial charge >= 0.3 is 0 Å². The maximum absolute atomic E-state index is 13.0. The lowest BCUT2D eigenvalue weighted by Crippen LogP contribution is -2.48. The SMILES string of the molecule is O=C(CCn1ccc2ccccc21)N1CCN(c2ccc(F)cc2)CC1. The number of aryl methyl sites for hydroxylation is 1. The Hall–Kier alpha value is -2.82. The van der Waals surface area contributed by atoms with Gasteiger partial charge in [-0.15, -0.1) is 0 Å². The number of nitrogens with zero attached hydrogens (tertiary/aromatic N) is 3. The van der Waals surface area contributed by atoms with Crippen LogP contribution >= 0.6 is 0 Å². The molecule has 0 N–H and O–H groups in total. The van der Waals surface area contributed by atoms with Crippen LogP contribution in [0.3, 0.4) is 0 Å². The number of rotatable bonds is 4. The largest absolute Gasteiger partial charge is 0.368 e. The van der Waals surface area contributed by atoms with Gasteiger partial charge in [-0.25, -0.2) is 4.39 Å². The number of benzene rings is 2. The van der Waals surface area contributed by atoms with Crippen LogP contribution in [-0.4, -0.2) is 41.6 Å². The monoisotopic (exact) mass is 351 g/mol. The van der Waals surface area contributed by atoms with E-state index < -0.39 is 0 Å². The van der Waals surface area contributed by atoms with E-state index in [1.54, 1.807) is 12.1 Å². The summed E-state index contributed by atoms with van der Waals surface area (Å²) in [6, 6.07) is 16.9. The fourth-order valence-corrected chi connectivity index (χ4v) is 3.58. The van der Waals surface area contributed by atoms with Crippen LogP contribution in [0.25, 0.3) is 10.9 Å². The highest BCUT2D eigenvalue weighted by Gasteiger charge is 2.21. The lowest BCUT2D eigenvalue weighted by molar-refractivity contribution is -0.131. The van der Waals surface area contributed by atoms with Crippen molar-refractivity contribution in [2.24, 2.45) is 0 Å². The molecule has 2 heterocycles. The lowest BCUT2D eigenvalue weighted by Gasteiger charge is -2.36. The minimum atomic E-state index is -0.222.